The minimum Gasteiger partial charge on any atom is -0.335 e. The van der Waals surface area contributed by atoms with Crippen LogP contribution in [0.5, 0.6) is 0 Å². The fourth-order valence-electron chi connectivity index (χ4n) is 3.59. The van der Waals surface area contributed by atoms with Crippen molar-refractivity contribution in [3.05, 3.63) is 70.6 Å². The van der Waals surface area contributed by atoms with Gasteiger partial charge in [0.1, 0.15) is 0 Å². The van der Waals surface area contributed by atoms with Crippen LogP contribution >= 0.6 is 0 Å². The molecule has 0 radical (unpaired) electrons. The summed E-state index contributed by atoms with van der Waals surface area (Å²) < 4.78 is 28.4. The van der Waals surface area contributed by atoms with E-state index in [1.54, 1.807) is 53.4 Å². The number of rotatable bonds is 4. The first-order valence-corrected chi connectivity index (χ1v) is 11.2. The second kappa shape index (κ2) is 8.22. The van der Waals surface area contributed by atoms with Crippen LogP contribution in [0.4, 0.5) is 0 Å². The Kier molecular flexibility index (Phi) is 5.61. The molecule has 1 aliphatic rings. The molecule has 0 saturated carbocycles. The zero-order chi connectivity index (χ0) is 22.2. The van der Waals surface area contributed by atoms with Crippen molar-refractivity contribution in [1.82, 2.24) is 23.3 Å². The predicted molar refractivity (Wildman–Crippen MR) is 117 cm³/mol. The van der Waals surface area contributed by atoms with Gasteiger partial charge >= 0.3 is 0 Å². The number of fused-ring (bicyclic) bond motifs is 1. The molecule has 10 heteroatoms. The molecule has 0 N–H and O–H groups in total. The molecule has 4 rings (SSSR count). The Morgan fingerprint density at radius 2 is 1.48 bits per heavy atom. The van der Waals surface area contributed by atoms with Crippen LogP contribution in [-0.2, 0) is 10.2 Å². The average Bonchev–Trinajstić information content (AvgIpc) is 2.79. The Morgan fingerprint density at radius 1 is 0.903 bits per heavy atom. The summed E-state index contributed by atoms with van der Waals surface area (Å²) in [6.45, 7) is 0.879. The first-order valence-electron chi connectivity index (χ1n) is 9.85. The fraction of sp³-hybridized carbons (Fsp3) is 0.286. The topological polar surface area (TPSA) is 95.8 Å². The lowest BCUT2D eigenvalue weighted by Crippen LogP contribution is -2.53. The molecule has 1 amide bonds. The SMILES string of the molecule is CN(C)S(=O)(=O)N1CCN(C(=O)c2nn(-c3ccccc3)c(=O)c3ccccc23)CC1. The van der Waals surface area contributed by atoms with Gasteiger partial charge in [0.05, 0.1) is 11.1 Å². The van der Waals surface area contributed by atoms with Crippen LogP contribution in [0.3, 0.4) is 0 Å². The Hall–Kier alpha value is -3.08. The second-order valence-electron chi connectivity index (χ2n) is 7.43. The summed E-state index contributed by atoms with van der Waals surface area (Å²) in [7, 11) is -0.565. The highest BCUT2D eigenvalue weighted by Gasteiger charge is 2.31. The molecule has 1 aliphatic heterocycles. The second-order valence-corrected chi connectivity index (χ2v) is 9.57. The van der Waals surface area contributed by atoms with Gasteiger partial charge in [-0.05, 0) is 18.2 Å². The Labute approximate surface area is 180 Å². The number of carbonyl (C=O) groups is 1. The van der Waals surface area contributed by atoms with E-state index in [4.69, 9.17) is 0 Å². The molecule has 31 heavy (non-hydrogen) atoms. The molecule has 2 aromatic carbocycles. The van der Waals surface area contributed by atoms with E-state index in [2.05, 4.69) is 5.10 Å². The van der Waals surface area contributed by atoms with Crippen LogP contribution in [0.1, 0.15) is 10.5 Å². The van der Waals surface area contributed by atoms with E-state index in [-0.39, 0.29) is 43.3 Å². The molecule has 3 aromatic rings. The van der Waals surface area contributed by atoms with Gasteiger partial charge in [0.25, 0.3) is 21.7 Å². The molecule has 1 saturated heterocycles. The molecule has 0 aliphatic carbocycles. The number of carbonyl (C=O) groups excluding carboxylic acids is 1. The number of aromatic nitrogens is 2. The summed E-state index contributed by atoms with van der Waals surface area (Å²) in [6.07, 6.45) is 0. The van der Waals surface area contributed by atoms with Crippen LogP contribution in [0.15, 0.2) is 59.4 Å². The van der Waals surface area contributed by atoms with Crippen LogP contribution in [0.25, 0.3) is 16.5 Å². The Balaban J connectivity index is 1.71. The molecule has 2 heterocycles. The molecule has 162 valence electrons. The van der Waals surface area contributed by atoms with E-state index >= 15 is 0 Å². The summed E-state index contributed by atoms with van der Waals surface area (Å²) in [5.41, 5.74) is 0.428. The molecular weight excluding hydrogens is 418 g/mol. The summed E-state index contributed by atoms with van der Waals surface area (Å²) >= 11 is 0. The standard InChI is InChI=1S/C21H23N5O4S/c1-23(2)31(29,30)25-14-12-24(13-15-25)21(28)19-17-10-6-7-11-18(17)20(27)26(22-19)16-8-4-3-5-9-16/h3-11H,12-15H2,1-2H3. The van der Waals surface area contributed by atoms with Gasteiger partial charge in [-0.15, -0.1) is 0 Å². The highest BCUT2D eigenvalue weighted by molar-refractivity contribution is 7.86. The fourth-order valence-corrected chi connectivity index (χ4v) is 4.68. The number of para-hydroxylation sites is 1. The van der Waals surface area contributed by atoms with E-state index in [1.165, 1.54) is 23.1 Å². The normalized spacial score (nSPS) is 15.5. The van der Waals surface area contributed by atoms with E-state index in [0.29, 0.717) is 16.5 Å². The third-order valence-electron chi connectivity index (χ3n) is 5.32. The number of hydrogen-bond donors (Lipinski definition) is 0. The zero-order valence-corrected chi connectivity index (χ0v) is 18.1. The first-order chi connectivity index (χ1) is 14.8. The van der Waals surface area contributed by atoms with Crippen molar-refractivity contribution in [3.8, 4) is 5.69 Å². The third-order valence-corrected chi connectivity index (χ3v) is 7.26. The lowest BCUT2D eigenvalue weighted by molar-refractivity contribution is 0.0689. The number of amides is 1. The number of nitrogens with zero attached hydrogens (tertiary/aromatic N) is 5. The molecular formula is C21H23N5O4S. The third kappa shape index (κ3) is 3.85. The van der Waals surface area contributed by atoms with Crippen LogP contribution in [-0.4, -0.2) is 77.9 Å². The van der Waals surface area contributed by atoms with Crippen LogP contribution in [0.2, 0.25) is 0 Å². The molecule has 0 spiro atoms. The summed E-state index contributed by atoms with van der Waals surface area (Å²) in [6, 6.07) is 15.8. The molecule has 0 unspecified atom stereocenters. The first kappa shape index (κ1) is 21.2. The van der Waals surface area contributed by atoms with E-state index < -0.39 is 10.2 Å². The summed E-state index contributed by atoms with van der Waals surface area (Å²) in [4.78, 5) is 27.9. The summed E-state index contributed by atoms with van der Waals surface area (Å²) in [5, 5.41) is 5.30. The number of piperazine rings is 1. The highest BCUT2D eigenvalue weighted by Crippen LogP contribution is 2.18. The monoisotopic (exact) mass is 441 g/mol. The number of benzene rings is 2. The van der Waals surface area contributed by atoms with Gasteiger partial charge in [0, 0.05) is 45.7 Å². The van der Waals surface area contributed by atoms with Crippen LogP contribution in [0, 0.1) is 0 Å². The molecule has 0 bridgehead atoms. The minimum absolute atomic E-state index is 0.169. The molecule has 1 fully saturated rings. The van der Waals surface area contributed by atoms with Gasteiger partial charge in [0.2, 0.25) is 0 Å². The van der Waals surface area contributed by atoms with Gasteiger partial charge in [0.15, 0.2) is 5.69 Å². The van der Waals surface area contributed by atoms with Crippen LogP contribution < -0.4 is 5.56 Å². The van der Waals surface area contributed by atoms with E-state index in [9.17, 15) is 18.0 Å². The Bertz CT molecular complexity index is 1280. The van der Waals surface area contributed by atoms with E-state index in [1.807, 2.05) is 6.07 Å². The van der Waals surface area contributed by atoms with Gasteiger partial charge in [-0.1, -0.05) is 36.4 Å². The Morgan fingerprint density at radius 3 is 2.10 bits per heavy atom. The van der Waals surface area contributed by atoms with Gasteiger partial charge < -0.3 is 4.90 Å². The van der Waals surface area contributed by atoms with Crippen molar-refractivity contribution >= 4 is 26.9 Å². The average molecular weight is 442 g/mol. The lowest BCUT2D eigenvalue weighted by atomic mass is 10.1. The van der Waals surface area contributed by atoms with E-state index in [0.717, 1.165) is 4.31 Å². The molecule has 9 nitrogen and oxygen atoms in total. The lowest BCUT2D eigenvalue weighted by Gasteiger charge is -2.35. The maximum atomic E-state index is 13.4. The zero-order valence-electron chi connectivity index (χ0n) is 17.3. The molecule has 0 atom stereocenters. The number of hydrogen-bond acceptors (Lipinski definition) is 5. The maximum absolute atomic E-state index is 13.4. The minimum atomic E-state index is -3.53. The quantitative estimate of drug-likeness (QED) is 0.601. The smallest absolute Gasteiger partial charge is 0.281 e. The van der Waals surface area contributed by atoms with Gasteiger partial charge in [-0.2, -0.15) is 26.8 Å². The predicted octanol–water partition coefficient (Wildman–Crippen LogP) is 0.950. The van der Waals surface area contributed by atoms with Crippen molar-refractivity contribution in [1.29, 1.82) is 0 Å². The van der Waals surface area contributed by atoms with Crippen molar-refractivity contribution < 1.29 is 13.2 Å². The largest absolute Gasteiger partial charge is 0.335 e. The van der Waals surface area contributed by atoms with Crippen molar-refractivity contribution in [2.45, 2.75) is 0 Å². The maximum Gasteiger partial charge on any atom is 0.281 e. The highest BCUT2D eigenvalue weighted by atomic mass is 32.2. The van der Waals surface area contributed by atoms with Crippen molar-refractivity contribution in [3.63, 3.8) is 0 Å². The van der Waals surface area contributed by atoms with Gasteiger partial charge in [-0.25, -0.2) is 0 Å². The molecule has 1 aromatic heterocycles. The van der Waals surface area contributed by atoms with Crippen molar-refractivity contribution in [2.75, 3.05) is 40.3 Å². The summed E-state index contributed by atoms with van der Waals surface area (Å²) in [5.74, 6) is -0.331. The van der Waals surface area contributed by atoms with Gasteiger partial charge in [-0.3, -0.25) is 9.59 Å². The van der Waals surface area contributed by atoms with Crippen molar-refractivity contribution in [2.24, 2.45) is 0 Å².